The molecule has 0 atom stereocenters. The normalized spacial score (nSPS) is 13.2. The van der Waals surface area contributed by atoms with Crippen molar-refractivity contribution in [2.24, 2.45) is 0 Å². The fraction of sp³-hybridized carbons (Fsp3) is 0.294. The van der Waals surface area contributed by atoms with Crippen LogP contribution in [0.1, 0.15) is 35.7 Å². The van der Waals surface area contributed by atoms with Gasteiger partial charge in [-0.1, -0.05) is 25.1 Å². The summed E-state index contributed by atoms with van der Waals surface area (Å²) in [4.78, 5) is 25.0. The molecule has 1 aliphatic rings. The number of carbonyl (C=O) groups excluding carboxylic acids is 1. The zero-order chi connectivity index (χ0) is 15.0. The number of hydrogen-bond acceptors (Lipinski definition) is 2. The van der Waals surface area contributed by atoms with Gasteiger partial charge in [0, 0.05) is 18.4 Å². The minimum absolute atomic E-state index is 0.0121. The van der Waals surface area contributed by atoms with Gasteiger partial charge in [-0.3, -0.25) is 9.59 Å². The molecule has 4 heteroatoms. The first-order valence-corrected chi connectivity index (χ1v) is 7.21. The zero-order valence-electron chi connectivity index (χ0n) is 11.9. The van der Waals surface area contributed by atoms with Crippen molar-refractivity contribution in [3.63, 3.8) is 0 Å². The third kappa shape index (κ3) is 2.27. The highest BCUT2D eigenvalue weighted by atomic mass is 16.4. The van der Waals surface area contributed by atoms with Gasteiger partial charge in [-0.2, -0.15) is 0 Å². The van der Waals surface area contributed by atoms with Gasteiger partial charge in [-0.05, 0) is 35.9 Å². The summed E-state index contributed by atoms with van der Waals surface area (Å²) in [6.45, 7) is 2.52. The summed E-state index contributed by atoms with van der Waals surface area (Å²) in [6, 6.07) is 9.99. The van der Waals surface area contributed by atoms with Crippen LogP contribution in [0.5, 0.6) is 0 Å². The maximum absolute atomic E-state index is 12.6. The van der Waals surface area contributed by atoms with Crippen molar-refractivity contribution in [2.75, 3.05) is 11.4 Å². The fourth-order valence-electron chi connectivity index (χ4n) is 2.93. The Morgan fingerprint density at radius 2 is 2.10 bits per heavy atom. The van der Waals surface area contributed by atoms with Crippen molar-refractivity contribution in [1.82, 2.24) is 0 Å². The zero-order valence-corrected chi connectivity index (χ0v) is 11.9. The maximum atomic E-state index is 12.6. The number of aliphatic carboxylic acids is 1. The number of carboxylic acid groups (broad SMARTS) is 1. The first-order chi connectivity index (χ1) is 10.1. The first kappa shape index (κ1) is 13.6. The Labute approximate surface area is 123 Å². The lowest BCUT2D eigenvalue weighted by Gasteiger charge is -2.16. The molecule has 1 N–H and O–H groups in total. The Kier molecular flexibility index (Phi) is 3.37. The van der Waals surface area contributed by atoms with Gasteiger partial charge in [0.2, 0.25) is 0 Å². The molecule has 21 heavy (non-hydrogen) atoms. The fourth-order valence-corrected chi connectivity index (χ4v) is 2.93. The molecule has 1 amide bonds. The van der Waals surface area contributed by atoms with Crippen LogP contribution in [0.25, 0.3) is 10.8 Å². The molecule has 2 aromatic carbocycles. The van der Waals surface area contributed by atoms with Gasteiger partial charge < -0.3 is 10.0 Å². The minimum atomic E-state index is -0.828. The molecule has 0 bridgehead atoms. The quantitative estimate of drug-likeness (QED) is 0.916. The standard InChI is InChI=1S/C17H17NO3/c1-2-11-9-12-5-3-6-14-16(12)13(10-11)17(21)18(14)8-4-7-15(19)20/h3,5-6,9-10H,2,4,7-8H2,1H3,(H,19,20). The maximum Gasteiger partial charge on any atom is 0.303 e. The van der Waals surface area contributed by atoms with E-state index in [1.54, 1.807) is 4.90 Å². The number of carbonyl (C=O) groups is 2. The van der Waals surface area contributed by atoms with Crippen LogP contribution < -0.4 is 4.90 Å². The minimum Gasteiger partial charge on any atom is -0.481 e. The van der Waals surface area contributed by atoms with Crippen molar-refractivity contribution in [3.05, 3.63) is 41.5 Å². The van der Waals surface area contributed by atoms with Gasteiger partial charge in [0.15, 0.2) is 0 Å². The van der Waals surface area contributed by atoms with Gasteiger partial charge in [0.05, 0.1) is 11.3 Å². The van der Waals surface area contributed by atoms with Crippen LogP contribution in [-0.2, 0) is 11.2 Å². The van der Waals surface area contributed by atoms with Crippen LogP contribution in [0.15, 0.2) is 30.3 Å². The lowest BCUT2D eigenvalue weighted by Crippen LogP contribution is -2.28. The van der Waals surface area contributed by atoms with E-state index in [-0.39, 0.29) is 12.3 Å². The number of rotatable bonds is 5. The number of hydrogen-bond donors (Lipinski definition) is 1. The molecule has 0 fully saturated rings. The van der Waals surface area contributed by atoms with E-state index >= 15 is 0 Å². The molecule has 0 radical (unpaired) electrons. The van der Waals surface area contributed by atoms with E-state index in [1.165, 1.54) is 0 Å². The monoisotopic (exact) mass is 283 g/mol. The molecule has 3 rings (SSSR count). The Morgan fingerprint density at radius 3 is 2.81 bits per heavy atom. The highest BCUT2D eigenvalue weighted by Crippen LogP contribution is 2.38. The molecule has 108 valence electrons. The van der Waals surface area contributed by atoms with Crippen molar-refractivity contribution in [1.29, 1.82) is 0 Å². The van der Waals surface area contributed by atoms with Crippen molar-refractivity contribution in [2.45, 2.75) is 26.2 Å². The summed E-state index contributed by atoms with van der Waals surface area (Å²) in [6.07, 6.45) is 1.43. The van der Waals surface area contributed by atoms with Gasteiger partial charge >= 0.3 is 5.97 Å². The highest BCUT2D eigenvalue weighted by Gasteiger charge is 2.29. The molecule has 1 aliphatic heterocycles. The number of benzene rings is 2. The molecule has 0 aliphatic carbocycles. The van der Waals surface area contributed by atoms with E-state index in [1.807, 2.05) is 24.3 Å². The van der Waals surface area contributed by atoms with Crippen LogP contribution >= 0.6 is 0 Å². The summed E-state index contributed by atoms with van der Waals surface area (Å²) in [7, 11) is 0. The number of nitrogens with zero attached hydrogens (tertiary/aromatic N) is 1. The largest absolute Gasteiger partial charge is 0.481 e. The summed E-state index contributed by atoms with van der Waals surface area (Å²) >= 11 is 0. The van der Waals surface area contributed by atoms with Gasteiger partial charge in [-0.15, -0.1) is 0 Å². The topological polar surface area (TPSA) is 57.6 Å². The van der Waals surface area contributed by atoms with Crippen molar-refractivity contribution in [3.8, 4) is 0 Å². The highest BCUT2D eigenvalue weighted by molar-refractivity contribution is 6.25. The summed E-state index contributed by atoms with van der Waals surface area (Å²) in [5.41, 5.74) is 2.80. The van der Waals surface area contributed by atoms with Gasteiger partial charge in [0.25, 0.3) is 5.91 Å². The van der Waals surface area contributed by atoms with E-state index in [0.29, 0.717) is 13.0 Å². The molecule has 0 saturated heterocycles. The second-order valence-corrected chi connectivity index (χ2v) is 5.33. The molecule has 2 aromatic rings. The SMILES string of the molecule is CCc1cc2c3c(cccc3c1)N(CCCC(=O)O)C2=O. The summed E-state index contributed by atoms with van der Waals surface area (Å²) < 4.78 is 0. The van der Waals surface area contributed by atoms with Crippen molar-refractivity contribution < 1.29 is 14.7 Å². The third-order valence-electron chi connectivity index (χ3n) is 3.96. The summed E-state index contributed by atoms with van der Waals surface area (Å²) in [5.74, 6) is -0.840. The van der Waals surface area contributed by atoms with E-state index < -0.39 is 5.97 Å². The van der Waals surface area contributed by atoms with Gasteiger partial charge in [0.1, 0.15) is 0 Å². The average molecular weight is 283 g/mol. The summed E-state index contributed by atoms with van der Waals surface area (Å²) in [5, 5.41) is 10.8. The van der Waals surface area contributed by atoms with Crippen LogP contribution in [-0.4, -0.2) is 23.5 Å². The molecule has 0 aromatic heterocycles. The third-order valence-corrected chi connectivity index (χ3v) is 3.96. The van der Waals surface area contributed by atoms with Crippen molar-refractivity contribution >= 4 is 28.3 Å². The number of aryl methyl sites for hydroxylation is 1. The Balaban J connectivity index is 2.00. The van der Waals surface area contributed by atoms with E-state index in [9.17, 15) is 9.59 Å². The van der Waals surface area contributed by atoms with Crippen LogP contribution in [0, 0.1) is 0 Å². The second-order valence-electron chi connectivity index (χ2n) is 5.33. The predicted molar refractivity (Wildman–Crippen MR) is 81.9 cm³/mol. The number of anilines is 1. The molecule has 1 heterocycles. The predicted octanol–water partition coefficient (Wildman–Crippen LogP) is 3.23. The van der Waals surface area contributed by atoms with Gasteiger partial charge in [-0.25, -0.2) is 0 Å². The molecular weight excluding hydrogens is 266 g/mol. The number of amides is 1. The van der Waals surface area contributed by atoms with E-state index in [4.69, 9.17) is 5.11 Å². The Bertz CT molecular complexity index is 736. The first-order valence-electron chi connectivity index (χ1n) is 7.21. The lowest BCUT2D eigenvalue weighted by molar-refractivity contribution is -0.137. The van der Waals surface area contributed by atoms with Crippen LogP contribution in [0.4, 0.5) is 5.69 Å². The smallest absolute Gasteiger partial charge is 0.303 e. The lowest BCUT2D eigenvalue weighted by atomic mass is 10.0. The number of carboxylic acids is 1. The molecule has 0 spiro atoms. The second kappa shape index (κ2) is 5.20. The van der Waals surface area contributed by atoms with E-state index in [2.05, 4.69) is 13.0 Å². The van der Waals surface area contributed by atoms with Crippen LogP contribution in [0.2, 0.25) is 0 Å². The Morgan fingerprint density at radius 1 is 1.29 bits per heavy atom. The Hall–Kier alpha value is -2.36. The molecule has 0 saturated carbocycles. The molecule has 0 unspecified atom stereocenters. The average Bonchev–Trinajstić information content (AvgIpc) is 2.74. The molecular formula is C17H17NO3. The molecule has 4 nitrogen and oxygen atoms in total. The van der Waals surface area contributed by atoms with Crippen LogP contribution in [0.3, 0.4) is 0 Å². The van der Waals surface area contributed by atoms with E-state index in [0.717, 1.165) is 34.0 Å².